The zero-order chi connectivity index (χ0) is 14.3. The maximum atomic E-state index is 11.9. The Balaban J connectivity index is 2.13. The van der Waals surface area contributed by atoms with Crippen LogP contribution in [0.15, 0.2) is 24.3 Å². The van der Waals surface area contributed by atoms with Crippen LogP contribution in [0.4, 0.5) is 4.79 Å². The number of nitrogens with zero attached hydrogens (tertiary/aromatic N) is 1. The van der Waals surface area contributed by atoms with E-state index in [0.717, 1.165) is 22.2 Å². The number of aromatic amines is 1. The number of rotatable bonds is 1. The summed E-state index contributed by atoms with van der Waals surface area (Å²) in [6, 6.07) is 7.94. The van der Waals surface area contributed by atoms with Gasteiger partial charge < -0.3 is 9.72 Å². The van der Waals surface area contributed by atoms with Gasteiger partial charge in [0.2, 0.25) is 0 Å². The zero-order valence-corrected chi connectivity index (χ0v) is 11.8. The molecule has 1 amide bonds. The number of amides is 1. The topological polar surface area (TPSA) is 54.6 Å². The van der Waals surface area contributed by atoms with Gasteiger partial charge in [-0.05, 0) is 12.0 Å². The summed E-state index contributed by atoms with van der Waals surface area (Å²) in [5.74, 6) is 0.209. The lowest BCUT2D eigenvalue weighted by molar-refractivity contribution is -0.190. The molecule has 5 nitrogen and oxygen atoms in total. The summed E-state index contributed by atoms with van der Waals surface area (Å²) < 4.78 is 4.81. The first kappa shape index (κ1) is 13.0. The number of carbonyl (C=O) groups excluding carboxylic acids is 1. The molecule has 1 unspecified atom stereocenters. The fraction of sp³-hybridized carbons (Fsp3) is 0.400. The first-order valence-corrected chi connectivity index (χ1v) is 6.73. The second-order valence-electron chi connectivity index (χ2n) is 5.32. The fourth-order valence-electron chi connectivity index (χ4n) is 2.82. The number of ether oxygens (including phenoxy) is 1. The number of aromatic nitrogens is 1. The molecule has 1 aliphatic heterocycles. The molecule has 3 rings (SSSR count). The van der Waals surface area contributed by atoms with E-state index in [0.29, 0.717) is 6.61 Å². The summed E-state index contributed by atoms with van der Waals surface area (Å²) in [6.07, 6.45) is -0.465. The van der Waals surface area contributed by atoms with E-state index in [2.05, 4.69) is 24.9 Å². The summed E-state index contributed by atoms with van der Waals surface area (Å²) in [5, 5.41) is 2.49. The van der Waals surface area contributed by atoms with Gasteiger partial charge in [0.25, 0.3) is 0 Å². The Bertz CT molecular complexity index is 648. The number of nitrogens with one attached hydrogen (secondary N) is 1. The predicted molar refractivity (Wildman–Crippen MR) is 74.9 cm³/mol. The van der Waals surface area contributed by atoms with Crippen molar-refractivity contribution in [2.45, 2.75) is 26.5 Å². The summed E-state index contributed by atoms with van der Waals surface area (Å²) in [4.78, 5) is 20.9. The number of fused-ring (bicyclic) bond motifs is 3. The number of carbonyl (C=O) groups is 1. The van der Waals surface area contributed by atoms with Crippen LogP contribution in [0.3, 0.4) is 0 Å². The van der Waals surface area contributed by atoms with Crippen molar-refractivity contribution in [3.63, 3.8) is 0 Å². The van der Waals surface area contributed by atoms with Crippen LogP contribution in [-0.2, 0) is 16.2 Å². The first-order chi connectivity index (χ1) is 9.63. The lowest BCUT2D eigenvalue weighted by atomic mass is 9.96. The number of hydrogen-bond acceptors (Lipinski definition) is 3. The molecule has 1 aromatic heterocycles. The Morgan fingerprint density at radius 2 is 2.20 bits per heavy atom. The molecule has 20 heavy (non-hydrogen) atoms. The Morgan fingerprint density at radius 3 is 2.90 bits per heavy atom. The van der Waals surface area contributed by atoms with Crippen molar-refractivity contribution < 1.29 is 14.4 Å². The van der Waals surface area contributed by atoms with Gasteiger partial charge in [0.1, 0.15) is 12.6 Å². The van der Waals surface area contributed by atoms with Crippen molar-refractivity contribution in [1.82, 2.24) is 10.0 Å². The van der Waals surface area contributed by atoms with E-state index in [9.17, 15) is 4.79 Å². The minimum atomic E-state index is -0.465. The van der Waals surface area contributed by atoms with Crippen molar-refractivity contribution >= 4 is 17.0 Å². The third-order valence-corrected chi connectivity index (χ3v) is 3.73. The van der Waals surface area contributed by atoms with Gasteiger partial charge in [-0.3, -0.25) is 4.84 Å². The van der Waals surface area contributed by atoms with Crippen LogP contribution >= 0.6 is 0 Å². The minimum Gasteiger partial charge on any atom is -0.451 e. The second kappa shape index (κ2) is 4.83. The van der Waals surface area contributed by atoms with Gasteiger partial charge in [0.05, 0.1) is 7.11 Å². The molecule has 0 aliphatic carbocycles. The Kier molecular flexibility index (Phi) is 3.14. The normalized spacial score (nSPS) is 18.4. The van der Waals surface area contributed by atoms with E-state index in [1.807, 2.05) is 18.2 Å². The van der Waals surface area contributed by atoms with Crippen LogP contribution in [0.1, 0.15) is 31.1 Å². The van der Waals surface area contributed by atoms with Crippen molar-refractivity contribution in [2.75, 3.05) is 7.11 Å². The van der Waals surface area contributed by atoms with Crippen molar-refractivity contribution in [3.05, 3.63) is 35.5 Å². The molecular weight excluding hydrogens is 256 g/mol. The molecule has 0 radical (unpaired) electrons. The number of benzene rings is 1. The van der Waals surface area contributed by atoms with E-state index in [4.69, 9.17) is 9.57 Å². The highest BCUT2D eigenvalue weighted by Crippen LogP contribution is 2.39. The Morgan fingerprint density at radius 1 is 1.45 bits per heavy atom. The minimum absolute atomic E-state index is 0.168. The van der Waals surface area contributed by atoms with Gasteiger partial charge >= 0.3 is 6.09 Å². The van der Waals surface area contributed by atoms with Gasteiger partial charge in [-0.25, -0.2) is 4.79 Å². The van der Waals surface area contributed by atoms with Crippen LogP contribution in [0.5, 0.6) is 0 Å². The van der Waals surface area contributed by atoms with Crippen LogP contribution in [0.2, 0.25) is 0 Å². The summed E-state index contributed by atoms with van der Waals surface area (Å²) in [7, 11) is 1.36. The molecule has 2 heterocycles. The number of hydrogen-bond donors (Lipinski definition) is 1. The Hall–Kier alpha value is -2.01. The van der Waals surface area contributed by atoms with Crippen LogP contribution in [0.25, 0.3) is 10.9 Å². The molecule has 1 N–H and O–H groups in total. The molecular formula is C15H18N2O3. The maximum absolute atomic E-state index is 11.9. The summed E-state index contributed by atoms with van der Waals surface area (Å²) in [5.41, 5.74) is 3.23. The number of methoxy groups -OCH3 is 1. The summed E-state index contributed by atoms with van der Waals surface area (Å²) in [6.45, 7) is 4.49. The fourth-order valence-corrected chi connectivity index (χ4v) is 2.82. The third kappa shape index (κ3) is 1.86. The summed E-state index contributed by atoms with van der Waals surface area (Å²) >= 11 is 0. The Labute approximate surface area is 117 Å². The van der Waals surface area contributed by atoms with Crippen LogP contribution in [-0.4, -0.2) is 23.3 Å². The molecule has 2 aromatic rings. The third-order valence-electron chi connectivity index (χ3n) is 3.73. The smallest absolute Gasteiger partial charge is 0.434 e. The lowest BCUT2D eigenvalue weighted by Crippen LogP contribution is -2.40. The van der Waals surface area contributed by atoms with Gasteiger partial charge in [0.15, 0.2) is 0 Å². The number of hydroxylamine groups is 2. The van der Waals surface area contributed by atoms with E-state index < -0.39 is 6.09 Å². The van der Waals surface area contributed by atoms with Crippen molar-refractivity contribution in [3.8, 4) is 0 Å². The van der Waals surface area contributed by atoms with E-state index in [1.54, 1.807) is 0 Å². The van der Waals surface area contributed by atoms with Gasteiger partial charge in [0, 0.05) is 22.2 Å². The van der Waals surface area contributed by atoms with Gasteiger partial charge in [-0.15, -0.1) is 0 Å². The highest BCUT2D eigenvalue weighted by Gasteiger charge is 2.37. The average Bonchev–Trinajstić information content (AvgIpc) is 2.83. The largest absolute Gasteiger partial charge is 0.451 e. The molecule has 1 atom stereocenters. The highest BCUT2D eigenvalue weighted by molar-refractivity contribution is 5.85. The SMILES string of the molecule is COC(=O)N1OCc2c([nH]c3ccccc23)C1C(C)C. The van der Waals surface area contributed by atoms with E-state index in [1.165, 1.54) is 12.2 Å². The molecule has 1 aliphatic rings. The number of H-pyrrole nitrogens is 1. The lowest BCUT2D eigenvalue weighted by Gasteiger charge is -2.35. The van der Waals surface area contributed by atoms with E-state index in [-0.39, 0.29) is 12.0 Å². The molecule has 5 heteroatoms. The monoisotopic (exact) mass is 274 g/mol. The molecule has 1 aromatic carbocycles. The second-order valence-corrected chi connectivity index (χ2v) is 5.32. The highest BCUT2D eigenvalue weighted by atomic mass is 16.7. The molecule has 0 saturated carbocycles. The van der Waals surface area contributed by atoms with Gasteiger partial charge in [-0.2, -0.15) is 5.06 Å². The van der Waals surface area contributed by atoms with E-state index >= 15 is 0 Å². The molecule has 0 spiro atoms. The van der Waals surface area contributed by atoms with Crippen molar-refractivity contribution in [2.24, 2.45) is 5.92 Å². The van der Waals surface area contributed by atoms with Gasteiger partial charge in [-0.1, -0.05) is 32.0 Å². The van der Waals surface area contributed by atoms with Crippen LogP contribution < -0.4 is 0 Å². The molecule has 106 valence electrons. The standard InChI is InChI=1S/C15H18N2O3/c1-9(2)14-13-11(8-20-17(14)15(18)19-3)10-6-4-5-7-12(10)16-13/h4-7,9,14,16H,8H2,1-3H3. The predicted octanol–water partition coefficient (Wildman–Crippen LogP) is 3.38. The first-order valence-electron chi connectivity index (χ1n) is 6.73. The average molecular weight is 274 g/mol. The zero-order valence-electron chi connectivity index (χ0n) is 11.8. The maximum Gasteiger partial charge on any atom is 0.434 e. The number of para-hydroxylation sites is 1. The van der Waals surface area contributed by atoms with Crippen molar-refractivity contribution in [1.29, 1.82) is 0 Å². The molecule has 0 saturated heterocycles. The molecule has 0 bridgehead atoms. The van der Waals surface area contributed by atoms with Crippen LogP contribution in [0, 0.1) is 5.92 Å². The quantitative estimate of drug-likeness (QED) is 0.867. The molecule has 0 fully saturated rings.